The lowest BCUT2D eigenvalue weighted by atomic mass is 9.92. The molecule has 23 heavy (non-hydrogen) atoms. The number of guanidine groups is 1. The molecule has 0 radical (unpaired) electrons. The van der Waals surface area contributed by atoms with E-state index in [9.17, 15) is 4.79 Å². The maximum atomic E-state index is 11.8. The first kappa shape index (κ1) is 21.5. The molecule has 130 valence electrons. The van der Waals surface area contributed by atoms with Crippen LogP contribution < -0.4 is 20.7 Å². The molecule has 0 aliphatic rings. The number of hydrogen-bond acceptors (Lipinski definition) is 3. The number of hydrogen-bond donors (Lipinski definition) is 3. The molecule has 0 spiro atoms. The smallest absolute Gasteiger partial charge is 0.227 e. The van der Waals surface area contributed by atoms with Gasteiger partial charge in [-0.3, -0.25) is 9.79 Å². The van der Waals surface area contributed by atoms with Gasteiger partial charge in [0, 0.05) is 32.7 Å². The summed E-state index contributed by atoms with van der Waals surface area (Å²) in [7, 11) is 4.99. The Balaban J connectivity index is 0.00000484. The maximum Gasteiger partial charge on any atom is 0.227 e. The molecule has 1 amide bonds. The molecular weight excluding hydrogens is 407 g/mol. The van der Waals surface area contributed by atoms with Crippen molar-refractivity contribution in [3.8, 4) is 5.75 Å². The zero-order chi connectivity index (χ0) is 16.6. The third-order valence-corrected chi connectivity index (χ3v) is 3.40. The minimum atomic E-state index is -0.517. The summed E-state index contributed by atoms with van der Waals surface area (Å²) in [6.07, 6.45) is 0. The Kier molecular flexibility index (Phi) is 9.62. The minimum absolute atomic E-state index is 0. The molecule has 0 heterocycles. The van der Waals surface area contributed by atoms with Crippen molar-refractivity contribution >= 4 is 35.8 Å². The van der Waals surface area contributed by atoms with Gasteiger partial charge in [0.1, 0.15) is 5.75 Å². The molecule has 0 atom stereocenters. The highest BCUT2D eigenvalue weighted by Crippen LogP contribution is 2.16. The molecule has 1 rings (SSSR count). The van der Waals surface area contributed by atoms with Gasteiger partial charge < -0.3 is 20.7 Å². The number of aliphatic imine (C=N–C) groups is 1. The molecule has 0 fully saturated rings. The SMILES string of the molecule is CN=C(NCc1ccccc1OC)NCC(C)(C)C(=O)NC.I. The summed E-state index contributed by atoms with van der Waals surface area (Å²) in [5, 5.41) is 9.05. The molecule has 7 heteroatoms. The predicted octanol–water partition coefficient (Wildman–Crippen LogP) is 1.75. The topological polar surface area (TPSA) is 74.8 Å². The molecule has 1 aromatic rings. The molecule has 0 unspecified atom stereocenters. The number of methoxy groups -OCH3 is 1. The van der Waals surface area contributed by atoms with Crippen molar-refractivity contribution in [2.75, 3.05) is 27.7 Å². The Morgan fingerprint density at radius 3 is 2.48 bits per heavy atom. The van der Waals surface area contributed by atoms with Crippen LogP contribution in [0.3, 0.4) is 0 Å². The number of nitrogens with zero attached hydrogens (tertiary/aromatic N) is 1. The average molecular weight is 434 g/mol. The van der Waals surface area contributed by atoms with E-state index < -0.39 is 5.41 Å². The normalized spacial score (nSPS) is 11.3. The molecular formula is C16H27IN4O2. The van der Waals surface area contributed by atoms with Crippen LogP contribution in [0.1, 0.15) is 19.4 Å². The summed E-state index contributed by atoms with van der Waals surface area (Å²) in [6, 6.07) is 7.81. The lowest BCUT2D eigenvalue weighted by Gasteiger charge is -2.24. The van der Waals surface area contributed by atoms with Crippen LogP contribution in [0.2, 0.25) is 0 Å². The van der Waals surface area contributed by atoms with Gasteiger partial charge in [0.2, 0.25) is 5.91 Å². The largest absolute Gasteiger partial charge is 0.496 e. The summed E-state index contributed by atoms with van der Waals surface area (Å²) in [6.45, 7) is 4.83. The standard InChI is InChI=1S/C16H26N4O2.HI/c1-16(2,14(21)17-3)11-20-15(18-4)19-10-12-8-6-7-9-13(12)22-5;/h6-9H,10-11H2,1-5H3,(H,17,21)(H2,18,19,20);1H. The van der Waals surface area contributed by atoms with Crippen LogP contribution in [0.5, 0.6) is 5.75 Å². The van der Waals surface area contributed by atoms with E-state index in [-0.39, 0.29) is 29.9 Å². The zero-order valence-corrected chi connectivity index (χ0v) is 16.7. The van der Waals surface area contributed by atoms with E-state index in [1.807, 2.05) is 38.1 Å². The maximum absolute atomic E-state index is 11.8. The number of halogens is 1. The highest BCUT2D eigenvalue weighted by molar-refractivity contribution is 14.0. The van der Waals surface area contributed by atoms with Gasteiger partial charge in [0.05, 0.1) is 12.5 Å². The second-order valence-electron chi connectivity index (χ2n) is 5.55. The number of para-hydroxylation sites is 1. The highest BCUT2D eigenvalue weighted by Gasteiger charge is 2.26. The molecule has 0 saturated heterocycles. The monoisotopic (exact) mass is 434 g/mol. The molecule has 0 aliphatic carbocycles. The first-order valence-corrected chi connectivity index (χ1v) is 7.23. The lowest BCUT2D eigenvalue weighted by Crippen LogP contribution is -2.47. The van der Waals surface area contributed by atoms with E-state index in [2.05, 4.69) is 20.9 Å². The number of rotatable bonds is 6. The van der Waals surface area contributed by atoms with Gasteiger partial charge in [-0.1, -0.05) is 18.2 Å². The number of nitrogens with one attached hydrogen (secondary N) is 3. The summed E-state index contributed by atoms with van der Waals surface area (Å²) in [4.78, 5) is 15.9. The van der Waals surface area contributed by atoms with E-state index in [1.54, 1.807) is 21.2 Å². The van der Waals surface area contributed by atoms with Crippen LogP contribution >= 0.6 is 24.0 Å². The van der Waals surface area contributed by atoms with Gasteiger partial charge in [0.15, 0.2) is 5.96 Å². The van der Waals surface area contributed by atoms with Crippen molar-refractivity contribution in [2.24, 2.45) is 10.4 Å². The van der Waals surface area contributed by atoms with Gasteiger partial charge >= 0.3 is 0 Å². The van der Waals surface area contributed by atoms with Gasteiger partial charge in [-0.2, -0.15) is 0 Å². The van der Waals surface area contributed by atoms with Crippen molar-refractivity contribution < 1.29 is 9.53 Å². The molecule has 0 saturated carbocycles. The first-order valence-electron chi connectivity index (χ1n) is 7.23. The number of carbonyl (C=O) groups excluding carboxylic acids is 1. The van der Waals surface area contributed by atoms with Crippen molar-refractivity contribution in [1.29, 1.82) is 0 Å². The zero-order valence-electron chi connectivity index (χ0n) is 14.4. The Bertz CT molecular complexity index is 533. The van der Waals surface area contributed by atoms with Crippen molar-refractivity contribution in [3.63, 3.8) is 0 Å². The molecule has 1 aromatic carbocycles. The van der Waals surface area contributed by atoms with Crippen LogP contribution in [0.25, 0.3) is 0 Å². The van der Waals surface area contributed by atoms with E-state index in [1.165, 1.54) is 0 Å². The molecule has 6 nitrogen and oxygen atoms in total. The fourth-order valence-electron chi connectivity index (χ4n) is 1.97. The molecule has 3 N–H and O–H groups in total. The van der Waals surface area contributed by atoms with Gasteiger partial charge in [-0.25, -0.2) is 0 Å². The fourth-order valence-corrected chi connectivity index (χ4v) is 1.97. The second kappa shape index (κ2) is 10.3. The van der Waals surface area contributed by atoms with Crippen molar-refractivity contribution in [3.05, 3.63) is 29.8 Å². The van der Waals surface area contributed by atoms with Gasteiger partial charge in [-0.05, 0) is 19.9 Å². The lowest BCUT2D eigenvalue weighted by molar-refractivity contribution is -0.128. The minimum Gasteiger partial charge on any atom is -0.496 e. The van der Waals surface area contributed by atoms with Crippen LogP contribution in [0.4, 0.5) is 0 Å². The molecule has 0 aliphatic heterocycles. The Morgan fingerprint density at radius 2 is 1.91 bits per heavy atom. The van der Waals surface area contributed by atoms with Crippen LogP contribution in [-0.2, 0) is 11.3 Å². The Morgan fingerprint density at radius 1 is 1.26 bits per heavy atom. The fraction of sp³-hybridized carbons (Fsp3) is 0.500. The molecule has 0 aromatic heterocycles. The summed E-state index contributed by atoms with van der Waals surface area (Å²) >= 11 is 0. The summed E-state index contributed by atoms with van der Waals surface area (Å²) in [5.41, 5.74) is 0.523. The number of carbonyl (C=O) groups is 1. The van der Waals surface area contributed by atoms with Crippen LogP contribution in [-0.4, -0.2) is 39.6 Å². The number of ether oxygens (including phenoxy) is 1. The summed E-state index contributed by atoms with van der Waals surface area (Å²) in [5.74, 6) is 1.46. The van der Waals surface area contributed by atoms with Gasteiger partial charge in [0.25, 0.3) is 0 Å². The van der Waals surface area contributed by atoms with Crippen molar-refractivity contribution in [1.82, 2.24) is 16.0 Å². The van der Waals surface area contributed by atoms with E-state index in [0.717, 1.165) is 11.3 Å². The van der Waals surface area contributed by atoms with E-state index in [4.69, 9.17) is 4.74 Å². The second-order valence-corrected chi connectivity index (χ2v) is 5.55. The predicted molar refractivity (Wildman–Crippen MR) is 104 cm³/mol. The third-order valence-electron chi connectivity index (χ3n) is 3.40. The number of benzene rings is 1. The third kappa shape index (κ3) is 6.64. The molecule has 0 bridgehead atoms. The van der Waals surface area contributed by atoms with E-state index in [0.29, 0.717) is 19.0 Å². The highest BCUT2D eigenvalue weighted by atomic mass is 127. The Hall–Kier alpha value is -1.51. The average Bonchev–Trinajstić information content (AvgIpc) is 2.54. The number of amides is 1. The van der Waals surface area contributed by atoms with Gasteiger partial charge in [-0.15, -0.1) is 24.0 Å². The van der Waals surface area contributed by atoms with E-state index >= 15 is 0 Å². The Labute approximate surface area is 155 Å². The van der Waals surface area contributed by atoms with Crippen LogP contribution in [0, 0.1) is 5.41 Å². The first-order chi connectivity index (χ1) is 10.4. The van der Waals surface area contributed by atoms with Crippen molar-refractivity contribution in [2.45, 2.75) is 20.4 Å². The summed E-state index contributed by atoms with van der Waals surface area (Å²) < 4.78 is 5.32. The quantitative estimate of drug-likeness (QED) is 0.363. The van der Waals surface area contributed by atoms with Crippen LogP contribution in [0.15, 0.2) is 29.3 Å².